The van der Waals surface area contributed by atoms with Gasteiger partial charge in [-0.25, -0.2) is 0 Å². The highest BCUT2D eigenvalue weighted by Crippen LogP contribution is 2.37. The van der Waals surface area contributed by atoms with Crippen LogP contribution in [-0.2, 0) is 4.43 Å². The Kier molecular flexibility index (Phi) is 7.29. The molecule has 102 valence electrons. The zero-order valence-electron chi connectivity index (χ0n) is 12.4. The lowest BCUT2D eigenvalue weighted by Gasteiger charge is -2.38. The average Bonchev–Trinajstić information content (AvgIpc) is 2.20. The Morgan fingerprint density at radius 1 is 1.29 bits per heavy atom. The first-order valence-electron chi connectivity index (χ1n) is 6.70. The molecule has 1 N–H and O–H groups in total. The molecule has 0 saturated carbocycles. The summed E-state index contributed by atoms with van der Waals surface area (Å²) < 4.78 is 6.35. The van der Waals surface area contributed by atoms with Crippen molar-refractivity contribution in [3.05, 3.63) is 12.2 Å². The first kappa shape index (κ1) is 16.9. The second-order valence-corrected chi connectivity index (χ2v) is 10.9. The van der Waals surface area contributed by atoms with Gasteiger partial charge < -0.3 is 9.53 Å². The van der Waals surface area contributed by atoms with Gasteiger partial charge in [-0.05, 0) is 24.6 Å². The van der Waals surface area contributed by atoms with Crippen LogP contribution < -0.4 is 0 Å². The van der Waals surface area contributed by atoms with Crippen LogP contribution in [0.25, 0.3) is 0 Å². The van der Waals surface area contributed by atoms with E-state index < -0.39 is 8.32 Å². The van der Waals surface area contributed by atoms with E-state index in [1.807, 2.05) is 6.08 Å². The van der Waals surface area contributed by atoms with Gasteiger partial charge in [0.25, 0.3) is 0 Å². The molecule has 0 saturated heterocycles. The Morgan fingerprint density at radius 3 is 2.29 bits per heavy atom. The summed E-state index contributed by atoms with van der Waals surface area (Å²) in [4.78, 5) is 0. The van der Waals surface area contributed by atoms with Gasteiger partial charge >= 0.3 is 0 Å². The summed E-state index contributed by atoms with van der Waals surface area (Å²) >= 11 is 0. The molecule has 0 aliphatic rings. The van der Waals surface area contributed by atoms with Crippen LogP contribution in [0.4, 0.5) is 0 Å². The zero-order valence-corrected chi connectivity index (χ0v) is 13.4. The SMILES string of the molecule is CCCC[C@@H](/C=C\CO)O[Si](C)(C)C(C)(C)C. The summed E-state index contributed by atoms with van der Waals surface area (Å²) in [6.45, 7) is 13.6. The van der Waals surface area contributed by atoms with Crippen LogP contribution in [0.1, 0.15) is 47.0 Å². The van der Waals surface area contributed by atoms with E-state index in [9.17, 15) is 0 Å². The van der Waals surface area contributed by atoms with Crippen LogP contribution in [0.15, 0.2) is 12.2 Å². The second kappa shape index (κ2) is 7.34. The minimum absolute atomic E-state index is 0.101. The standard InChI is InChI=1S/C14H30O2Si/c1-7-8-10-13(11-9-12-15)16-17(5,6)14(2,3)4/h9,11,13,15H,7-8,10,12H2,1-6H3/b11-9-/t13-/m0/s1. The van der Waals surface area contributed by atoms with Crippen molar-refractivity contribution in [2.24, 2.45) is 0 Å². The van der Waals surface area contributed by atoms with Crippen LogP contribution in [0.5, 0.6) is 0 Å². The maximum atomic E-state index is 8.87. The van der Waals surface area contributed by atoms with E-state index in [0.717, 1.165) is 6.42 Å². The van der Waals surface area contributed by atoms with Crippen LogP contribution >= 0.6 is 0 Å². The van der Waals surface area contributed by atoms with Crippen molar-refractivity contribution >= 4 is 8.32 Å². The van der Waals surface area contributed by atoms with Gasteiger partial charge in [0.1, 0.15) is 0 Å². The topological polar surface area (TPSA) is 29.5 Å². The second-order valence-electron chi connectivity index (χ2n) is 6.17. The molecule has 3 heteroatoms. The summed E-state index contributed by atoms with van der Waals surface area (Å²) in [5.41, 5.74) is 0. The Labute approximate surface area is 108 Å². The van der Waals surface area contributed by atoms with E-state index in [1.54, 1.807) is 6.08 Å². The molecule has 0 rings (SSSR count). The smallest absolute Gasteiger partial charge is 0.192 e. The van der Waals surface area contributed by atoms with Crippen LogP contribution in [0.3, 0.4) is 0 Å². The monoisotopic (exact) mass is 258 g/mol. The first-order chi connectivity index (χ1) is 7.74. The Bertz CT molecular complexity index is 229. The summed E-state index contributed by atoms with van der Waals surface area (Å²) in [6, 6.07) is 0. The molecule has 0 aromatic carbocycles. The van der Waals surface area contributed by atoms with Gasteiger partial charge in [0.05, 0.1) is 12.7 Å². The number of aliphatic hydroxyl groups excluding tert-OH is 1. The summed E-state index contributed by atoms with van der Waals surface area (Å²) in [5, 5.41) is 9.11. The van der Waals surface area contributed by atoms with Gasteiger partial charge in [-0.1, -0.05) is 52.7 Å². The van der Waals surface area contributed by atoms with Gasteiger partial charge in [-0.15, -0.1) is 0 Å². The molecule has 0 fully saturated rings. The molecule has 0 unspecified atom stereocenters. The van der Waals surface area contributed by atoms with Crippen molar-refractivity contribution in [1.29, 1.82) is 0 Å². The minimum Gasteiger partial charge on any atom is -0.411 e. The van der Waals surface area contributed by atoms with Crippen molar-refractivity contribution in [1.82, 2.24) is 0 Å². The lowest BCUT2D eigenvalue weighted by atomic mass is 10.1. The largest absolute Gasteiger partial charge is 0.411 e. The highest BCUT2D eigenvalue weighted by atomic mass is 28.4. The fourth-order valence-corrected chi connectivity index (χ4v) is 2.67. The molecular formula is C14H30O2Si. The predicted octanol–water partition coefficient (Wildman–Crippen LogP) is 4.12. The molecule has 0 radical (unpaired) electrons. The molecule has 17 heavy (non-hydrogen) atoms. The van der Waals surface area contributed by atoms with Crippen molar-refractivity contribution in [2.75, 3.05) is 6.61 Å². The molecule has 0 amide bonds. The maximum Gasteiger partial charge on any atom is 0.192 e. The van der Waals surface area contributed by atoms with Crippen molar-refractivity contribution < 1.29 is 9.53 Å². The van der Waals surface area contributed by atoms with Gasteiger partial charge in [0.2, 0.25) is 0 Å². The van der Waals surface area contributed by atoms with Gasteiger partial charge in [0, 0.05) is 0 Å². The van der Waals surface area contributed by atoms with Gasteiger partial charge in [-0.2, -0.15) is 0 Å². The van der Waals surface area contributed by atoms with E-state index in [-0.39, 0.29) is 17.7 Å². The number of hydrogen-bond donors (Lipinski definition) is 1. The third kappa shape index (κ3) is 6.39. The van der Waals surface area contributed by atoms with E-state index in [2.05, 4.69) is 40.8 Å². The molecule has 0 spiro atoms. The van der Waals surface area contributed by atoms with E-state index >= 15 is 0 Å². The third-order valence-corrected chi connectivity index (χ3v) is 8.05. The molecule has 2 nitrogen and oxygen atoms in total. The quantitative estimate of drug-likeness (QED) is 0.550. The molecule has 1 atom stereocenters. The average molecular weight is 258 g/mol. The Balaban J connectivity index is 4.56. The Morgan fingerprint density at radius 2 is 1.88 bits per heavy atom. The van der Waals surface area contributed by atoms with E-state index in [1.165, 1.54) is 12.8 Å². The van der Waals surface area contributed by atoms with Crippen molar-refractivity contribution in [3.8, 4) is 0 Å². The van der Waals surface area contributed by atoms with Gasteiger partial charge in [-0.3, -0.25) is 0 Å². The molecule has 0 aromatic heterocycles. The number of rotatable bonds is 7. The number of unbranched alkanes of at least 4 members (excludes halogenated alkanes) is 1. The number of aliphatic hydroxyl groups is 1. The Hall–Kier alpha value is -0.123. The van der Waals surface area contributed by atoms with Crippen molar-refractivity contribution in [3.63, 3.8) is 0 Å². The molecule has 0 aliphatic carbocycles. The highest BCUT2D eigenvalue weighted by molar-refractivity contribution is 6.74. The van der Waals surface area contributed by atoms with Crippen molar-refractivity contribution in [2.45, 2.75) is 71.2 Å². The van der Waals surface area contributed by atoms with Crippen LogP contribution in [0, 0.1) is 0 Å². The number of hydrogen-bond acceptors (Lipinski definition) is 2. The van der Waals surface area contributed by atoms with Gasteiger partial charge in [0.15, 0.2) is 8.32 Å². The lowest BCUT2D eigenvalue weighted by Crippen LogP contribution is -2.43. The lowest BCUT2D eigenvalue weighted by molar-refractivity contribution is 0.210. The van der Waals surface area contributed by atoms with E-state index in [0.29, 0.717) is 0 Å². The summed E-state index contributed by atoms with van der Waals surface area (Å²) in [5.74, 6) is 0. The summed E-state index contributed by atoms with van der Waals surface area (Å²) in [6.07, 6.45) is 7.41. The fraction of sp³-hybridized carbons (Fsp3) is 0.857. The maximum absolute atomic E-state index is 8.87. The van der Waals surface area contributed by atoms with Crippen LogP contribution in [-0.4, -0.2) is 26.1 Å². The molecular weight excluding hydrogens is 228 g/mol. The third-order valence-electron chi connectivity index (χ3n) is 3.55. The predicted molar refractivity (Wildman–Crippen MR) is 77.8 cm³/mol. The molecule has 0 aromatic rings. The fourth-order valence-electron chi connectivity index (χ4n) is 1.37. The van der Waals surface area contributed by atoms with Crippen LogP contribution in [0.2, 0.25) is 18.1 Å². The van der Waals surface area contributed by atoms with E-state index in [4.69, 9.17) is 9.53 Å². The zero-order chi connectivity index (χ0) is 13.5. The molecule has 0 heterocycles. The normalized spacial score (nSPS) is 15.5. The molecule has 0 aliphatic heterocycles. The highest BCUT2D eigenvalue weighted by Gasteiger charge is 2.38. The molecule has 0 bridgehead atoms. The minimum atomic E-state index is -1.70. The first-order valence-corrected chi connectivity index (χ1v) is 9.60. The summed E-state index contributed by atoms with van der Waals surface area (Å²) in [7, 11) is -1.70.